The standard InChI is InChI=1S/C20H36N6OS.HI/c1-7-21-19(22-12-18-24-16(14-28-18)20(4,5)6)26-10-8-25(9-11-26)13-17(27)23-15(2)3;/h14-15H,7-13H2,1-6H3,(H,21,22)(H,23,27);1H. The van der Waals surface area contributed by atoms with Crippen LogP contribution >= 0.6 is 35.3 Å². The van der Waals surface area contributed by atoms with Crippen molar-refractivity contribution in [3.63, 3.8) is 0 Å². The monoisotopic (exact) mass is 536 g/mol. The molecular formula is C20H37IN6OS. The number of aromatic nitrogens is 1. The molecule has 166 valence electrons. The van der Waals surface area contributed by atoms with E-state index in [1.54, 1.807) is 11.3 Å². The van der Waals surface area contributed by atoms with E-state index in [9.17, 15) is 4.79 Å². The number of guanidine groups is 1. The molecule has 0 aromatic carbocycles. The van der Waals surface area contributed by atoms with Crippen LogP contribution in [0.3, 0.4) is 0 Å². The highest BCUT2D eigenvalue weighted by Crippen LogP contribution is 2.24. The SMILES string of the molecule is CCNC(=NCc1nc(C(C)(C)C)cs1)N1CCN(CC(=O)NC(C)C)CC1.I. The first-order valence-electron chi connectivity index (χ1n) is 10.2. The van der Waals surface area contributed by atoms with Crippen molar-refractivity contribution < 1.29 is 4.79 Å². The van der Waals surface area contributed by atoms with Crippen LogP contribution in [-0.2, 0) is 16.8 Å². The van der Waals surface area contributed by atoms with Gasteiger partial charge in [-0.25, -0.2) is 9.98 Å². The second kappa shape index (κ2) is 12.0. The van der Waals surface area contributed by atoms with E-state index in [1.807, 2.05) is 13.8 Å². The van der Waals surface area contributed by atoms with Crippen molar-refractivity contribution in [3.05, 3.63) is 16.1 Å². The Morgan fingerprint density at radius 2 is 1.93 bits per heavy atom. The summed E-state index contributed by atoms with van der Waals surface area (Å²) in [7, 11) is 0. The number of amides is 1. The third kappa shape index (κ3) is 8.75. The second-order valence-electron chi connectivity index (χ2n) is 8.53. The van der Waals surface area contributed by atoms with Gasteiger partial charge >= 0.3 is 0 Å². The molecule has 1 aromatic heterocycles. The van der Waals surface area contributed by atoms with Gasteiger partial charge < -0.3 is 15.5 Å². The van der Waals surface area contributed by atoms with E-state index in [0.29, 0.717) is 13.1 Å². The number of halogens is 1. The first kappa shape index (κ1) is 26.1. The van der Waals surface area contributed by atoms with E-state index in [-0.39, 0.29) is 41.3 Å². The van der Waals surface area contributed by atoms with Crippen LogP contribution in [0.25, 0.3) is 0 Å². The van der Waals surface area contributed by atoms with Gasteiger partial charge in [-0.15, -0.1) is 35.3 Å². The van der Waals surface area contributed by atoms with Crippen molar-refractivity contribution in [2.45, 2.75) is 59.5 Å². The van der Waals surface area contributed by atoms with Gasteiger partial charge in [-0.3, -0.25) is 9.69 Å². The fraction of sp³-hybridized carbons (Fsp3) is 0.750. The summed E-state index contributed by atoms with van der Waals surface area (Å²) in [6.07, 6.45) is 0. The maximum Gasteiger partial charge on any atom is 0.234 e. The molecule has 0 spiro atoms. The number of hydrogen-bond acceptors (Lipinski definition) is 5. The van der Waals surface area contributed by atoms with Gasteiger partial charge in [-0.05, 0) is 20.8 Å². The summed E-state index contributed by atoms with van der Waals surface area (Å²) >= 11 is 1.68. The largest absolute Gasteiger partial charge is 0.357 e. The first-order valence-corrected chi connectivity index (χ1v) is 11.1. The predicted molar refractivity (Wildman–Crippen MR) is 132 cm³/mol. The topological polar surface area (TPSA) is 72.9 Å². The van der Waals surface area contributed by atoms with Crippen LogP contribution in [0.1, 0.15) is 52.2 Å². The lowest BCUT2D eigenvalue weighted by molar-refractivity contribution is -0.123. The van der Waals surface area contributed by atoms with Gasteiger partial charge in [0.2, 0.25) is 5.91 Å². The van der Waals surface area contributed by atoms with Crippen molar-refractivity contribution in [1.29, 1.82) is 0 Å². The Morgan fingerprint density at radius 3 is 2.45 bits per heavy atom. The zero-order valence-corrected chi connectivity index (χ0v) is 21.8. The fourth-order valence-electron chi connectivity index (χ4n) is 2.98. The number of hydrogen-bond donors (Lipinski definition) is 2. The summed E-state index contributed by atoms with van der Waals surface area (Å²) in [5.41, 5.74) is 1.20. The Hall–Kier alpha value is -0.940. The second-order valence-corrected chi connectivity index (χ2v) is 9.47. The Labute approximate surface area is 196 Å². The van der Waals surface area contributed by atoms with Crippen LogP contribution in [-0.4, -0.2) is 72.0 Å². The third-order valence-corrected chi connectivity index (χ3v) is 5.34. The van der Waals surface area contributed by atoms with Crippen LogP contribution in [0.2, 0.25) is 0 Å². The average molecular weight is 537 g/mol. The molecule has 1 fully saturated rings. The highest BCUT2D eigenvalue weighted by molar-refractivity contribution is 14.0. The highest BCUT2D eigenvalue weighted by atomic mass is 127. The van der Waals surface area contributed by atoms with Crippen molar-refractivity contribution in [2.24, 2.45) is 4.99 Å². The summed E-state index contributed by atoms with van der Waals surface area (Å²) in [5, 5.41) is 9.54. The molecule has 29 heavy (non-hydrogen) atoms. The lowest BCUT2D eigenvalue weighted by Gasteiger charge is -2.36. The van der Waals surface area contributed by atoms with Crippen molar-refractivity contribution in [2.75, 3.05) is 39.3 Å². The Kier molecular flexibility index (Phi) is 10.8. The van der Waals surface area contributed by atoms with Gasteiger partial charge in [0.25, 0.3) is 0 Å². The molecule has 9 heteroatoms. The summed E-state index contributed by atoms with van der Waals surface area (Å²) in [6, 6.07) is 0.186. The molecule has 0 radical (unpaired) electrons. The lowest BCUT2D eigenvalue weighted by atomic mass is 9.93. The zero-order chi connectivity index (χ0) is 20.7. The van der Waals surface area contributed by atoms with E-state index >= 15 is 0 Å². The Morgan fingerprint density at radius 1 is 1.28 bits per heavy atom. The average Bonchev–Trinajstić information content (AvgIpc) is 3.08. The molecule has 1 amide bonds. The number of nitrogens with one attached hydrogen (secondary N) is 2. The molecule has 0 atom stereocenters. The van der Waals surface area contributed by atoms with Crippen molar-refractivity contribution >= 4 is 47.2 Å². The minimum Gasteiger partial charge on any atom is -0.357 e. The minimum atomic E-state index is 0. The first-order chi connectivity index (χ1) is 13.2. The van der Waals surface area contributed by atoms with Gasteiger partial charge in [0.1, 0.15) is 5.01 Å². The fourth-order valence-corrected chi connectivity index (χ4v) is 3.93. The zero-order valence-electron chi connectivity index (χ0n) is 18.6. The maximum absolute atomic E-state index is 12.0. The molecule has 2 rings (SSSR count). The molecule has 0 bridgehead atoms. The molecule has 0 unspecified atom stereocenters. The number of carbonyl (C=O) groups excluding carboxylic acids is 1. The number of rotatable bonds is 6. The molecule has 0 aliphatic carbocycles. The number of thiazole rings is 1. The lowest BCUT2D eigenvalue weighted by Crippen LogP contribution is -2.54. The molecule has 7 nitrogen and oxygen atoms in total. The molecule has 1 aliphatic rings. The molecule has 0 saturated carbocycles. The number of aliphatic imine (C=N–C) groups is 1. The molecular weight excluding hydrogens is 499 g/mol. The van der Waals surface area contributed by atoms with Gasteiger partial charge in [0.15, 0.2) is 5.96 Å². The van der Waals surface area contributed by atoms with E-state index in [2.05, 4.69) is 53.5 Å². The third-order valence-electron chi connectivity index (χ3n) is 4.51. The Balaban J connectivity index is 0.00000420. The van der Waals surface area contributed by atoms with Crippen LogP contribution in [0, 0.1) is 0 Å². The molecule has 2 heterocycles. The van der Waals surface area contributed by atoms with Gasteiger partial charge in [-0.2, -0.15) is 0 Å². The summed E-state index contributed by atoms with van der Waals surface area (Å²) in [4.78, 5) is 26.0. The van der Waals surface area contributed by atoms with Gasteiger partial charge in [0, 0.05) is 49.6 Å². The van der Waals surface area contributed by atoms with Crippen LogP contribution in [0.4, 0.5) is 0 Å². The van der Waals surface area contributed by atoms with Crippen LogP contribution in [0.5, 0.6) is 0 Å². The minimum absolute atomic E-state index is 0. The number of carbonyl (C=O) groups is 1. The normalized spacial score (nSPS) is 16.0. The molecule has 1 aliphatic heterocycles. The van der Waals surface area contributed by atoms with Gasteiger partial charge in [-0.1, -0.05) is 20.8 Å². The summed E-state index contributed by atoms with van der Waals surface area (Å²) in [5.74, 6) is 1.03. The van der Waals surface area contributed by atoms with E-state index < -0.39 is 0 Å². The molecule has 2 N–H and O–H groups in total. The maximum atomic E-state index is 12.0. The highest BCUT2D eigenvalue weighted by Gasteiger charge is 2.22. The summed E-state index contributed by atoms with van der Waals surface area (Å²) < 4.78 is 0. The van der Waals surface area contributed by atoms with Gasteiger partial charge in [0.05, 0.1) is 18.8 Å². The van der Waals surface area contributed by atoms with E-state index in [1.165, 1.54) is 0 Å². The summed E-state index contributed by atoms with van der Waals surface area (Å²) in [6.45, 7) is 18.0. The van der Waals surface area contributed by atoms with Crippen LogP contribution in [0.15, 0.2) is 10.4 Å². The molecule has 1 saturated heterocycles. The van der Waals surface area contributed by atoms with Crippen LogP contribution < -0.4 is 10.6 Å². The smallest absolute Gasteiger partial charge is 0.234 e. The number of nitrogens with zero attached hydrogens (tertiary/aromatic N) is 4. The number of piperazine rings is 1. The van der Waals surface area contributed by atoms with E-state index in [0.717, 1.165) is 49.4 Å². The quantitative estimate of drug-likeness (QED) is 0.333. The molecule has 1 aromatic rings. The predicted octanol–water partition coefficient (Wildman–Crippen LogP) is 2.67. The Bertz CT molecular complexity index is 662. The van der Waals surface area contributed by atoms with E-state index in [4.69, 9.17) is 9.98 Å². The van der Waals surface area contributed by atoms with Crippen molar-refractivity contribution in [1.82, 2.24) is 25.4 Å². The van der Waals surface area contributed by atoms with Crippen molar-refractivity contribution in [3.8, 4) is 0 Å².